The van der Waals surface area contributed by atoms with Gasteiger partial charge in [0.2, 0.25) is 0 Å². The minimum absolute atomic E-state index is 0.0138. The summed E-state index contributed by atoms with van der Waals surface area (Å²) in [6.07, 6.45) is 9.18. The van der Waals surface area contributed by atoms with Crippen molar-refractivity contribution in [2.75, 3.05) is 6.54 Å². The van der Waals surface area contributed by atoms with Crippen LogP contribution in [-0.2, 0) is 13.6 Å². The van der Waals surface area contributed by atoms with E-state index in [0.717, 1.165) is 37.4 Å². The van der Waals surface area contributed by atoms with Gasteiger partial charge in [-0.05, 0) is 43.5 Å². The van der Waals surface area contributed by atoms with Gasteiger partial charge in [0.05, 0.1) is 6.04 Å². The van der Waals surface area contributed by atoms with Crippen LogP contribution in [0.5, 0.6) is 0 Å². The van der Waals surface area contributed by atoms with Gasteiger partial charge in [-0.15, -0.1) is 0 Å². The Labute approximate surface area is 152 Å². The van der Waals surface area contributed by atoms with E-state index in [0.29, 0.717) is 5.69 Å². The van der Waals surface area contributed by atoms with Crippen molar-refractivity contribution >= 4 is 5.91 Å². The quantitative estimate of drug-likeness (QED) is 0.724. The first kappa shape index (κ1) is 16.5. The lowest BCUT2D eigenvalue weighted by Gasteiger charge is -2.24. The zero-order valence-electron chi connectivity index (χ0n) is 15.0. The van der Waals surface area contributed by atoms with Crippen molar-refractivity contribution < 1.29 is 4.79 Å². The number of pyridine rings is 1. The molecular weight excluding hydrogens is 328 g/mol. The second kappa shape index (κ2) is 6.74. The molecule has 26 heavy (non-hydrogen) atoms. The first-order valence-corrected chi connectivity index (χ1v) is 8.85. The number of carbonyl (C=O) groups excluding carboxylic acids is 1. The predicted octanol–water partition coefficient (Wildman–Crippen LogP) is 2.35. The number of hydrogen-bond donors (Lipinski definition) is 0. The Kier molecular flexibility index (Phi) is 4.28. The van der Waals surface area contributed by atoms with Gasteiger partial charge in [-0.1, -0.05) is 0 Å². The number of aromatic nitrogens is 5. The lowest BCUT2D eigenvalue weighted by molar-refractivity contribution is 0.0721. The lowest BCUT2D eigenvalue weighted by atomic mass is 10.2. The van der Waals surface area contributed by atoms with Crippen LogP contribution >= 0.6 is 0 Å². The molecular formula is C19H22N6O. The van der Waals surface area contributed by atoms with Gasteiger partial charge in [0.25, 0.3) is 5.91 Å². The highest BCUT2D eigenvalue weighted by Gasteiger charge is 2.34. The third kappa shape index (κ3) is 3.00. The van der Waals surface area contributed by atoms with E-state index in [-0.39, 0.29) is 11.9 Å². The summed E-state index contributed by atoms with van der Waals surface area (Å²) in [7, 11) is 1.82. The average molecular weight is 350 g/mol. The van der Waals surface area contributed by atoms with Gasteiger partial charge in [0.1, 0.15) is 11.5 Å². The first-order chi connectivity index (χ1) is 12.6. The fourth-order valence-electron chi connectivity index (χ4n) is 3.58. The number of imidazole rings is 1. The molecule has 0 N–H and O–H groups in total. The molecule has 1 saturated heterocycles. The van der Waals surface area contributed by atoms with Gasteiger partial charge < -0.3 is 9.47 Å². The summed E-state index contributed by atoms with van der Waals surface area (Å²) >= 11 is 0. The third-order valence-electron chi connectivity index (χ3n) is 4.92. The molecule has 1 aliphatic heterocycles. The summed E-state index contributed by atoms with van der Waals surface area (Å²) in [5.41, 5.74) is 2.75. The Hall–Kier alpha value is -2.96. The van der Waals surface area contributed by atoms with Crippen LogP contribution in [0.1, 0.15) is 46.5 Å². The molecule has 134 valence electrons. The molecule has 7 heteroatoms. The summed E-state index contributed by atoms with van der Waals surface area (Å²) in [6, 6.07) is 5.77. The topological polar surface area (TPSA) is 68.8 Å². The lowest BCUT2D eigenvalue weighted by Crippen LogP contribution is -2.32. The zero-order chi connectivity index (χ0) is 18.1. The Morgan fingerprint density at radius 2 is 2.08 bits per heavy atom. The molecule has 4 rings (SSSR count). The SMILES string of the molecule is Cc1cnc(C2CCCN2C(=O)c2ccn(C)n2)n1Cc1ccncc1. The van der Waals surface area contributed by atoms with Gasteiger partial charge >= 0.3 is 0 Å². The Bertz CT molecular complexity index is 913. The Morgan fingerprint density at radius 3 is 2.81 bits per heavy atom. The van der Waals surface area contributed by atoms with Crippen molar-refractivity contribution in [1.29, 1.82) is 0 Å². The molecule has 7 nitrogen and oxygen atoms in total. The summed E-state index contributed by atoms with van der Waals surface area (Å²) in [4.78, 5) is 23.6. The molecule has 3 aromatic rings. The maximum Gasteiger partial charge on any atom is 0.274 e. The highest BCUT2D eigenvalue weighted by atomic mass is 16.2. The highest BCUT2D eigenvalue weighted by molar-refractivity contribution is 5.92. The monoisotopic (exact) mass is 350 g/mol. The van der Waals surface area contributed by atoms with E-state index < -0.39 is 0 Å². The summed E-state index contributed by atoms with van der Waals surface area (Å²) in [5.74, 6) is 0.922. The molecule has 0 aliphatic carbocycles. The molecule has 1 fully saturated rings. The summed E-state index contributed by atoms with van der Waals surface area (Å²) in [6.45, 7) is 3.52. The molecule has 0 saturated carbocycles. The molecule has 1 aliphatic rings. The minimum atomic E-state index is -0.0239. The van der Waals surface area contributed by atoms with Crippen molar-refractivity contribution in [2.45, 2.75) is 32.4 Å². The highest BCUT2D eigenvalue weighted by Crippen LogP contribution is 2.33. The van der Waals surface area contributed by atoms with Crippen LogP contribution in [0.2, 0.25) is 0 Å². The maximum absolute atomic E-state index is 12.9. The van der Waals surface area contributed by atoms with Crippen LogP contribution in [0.3, 0.4) is 0 Å². The van der Waals surface area contributed by atoms with E-state index in [1.54, 1.807) is 29.3 Å². The van der Waals surface area contributed by atoms with Gasteiger partial charge in [-0.2, -0.15) is 5.10 Å². The Balaban J connectivity index is 1.63. The van der Waals surface area contributed by atoms with Gasteiger partial charge in [0, 0.05) is 50.6 Å². The molecule has 0 aromatic carbocycles. The molecule has 0 spiro atoms. The van der Waals surface area contributed by atoms with E-state index in [1.807, 2.05) is 30.3 Å². The second-order valence-corrected chi connectivity index (χ2v) is 6.73. The van der Waals surface area contributed by atoms with E-state index in [9.17, 15) is 4.79 Å². The van der Waals surface area contributed by atoms with Gasteiger partial charge in [-0.3, -0.25) is 14.5 Å². The fourth-order valence-corrected chi connectivity index (χ4v) is 3.58. The minimum Gasteiger partial charge on any atom is -0.327 e. The smallest absolute Gasteiger partial charge is 0.274 e. The van der Waals surface area contributed by atoms with Gasteiger partial charge in [0.15, 0.2) is 0 Å². The molecule has 3 aromatic heterocycles. The van der Waals surface area contributed by atoms with Crippen molar-refractivity contribution in [2.24, 2.45) is 7.05 Å². The zero-order valence-corrected chi connectivity index (χ0v) is 15.0. The Morgan fingerprint density at radius 1 is 1.27 bits per heavy atom. The van der Waals surface area contributed by atoms with E-state index in [1.165, 1.54) is 5.56 Å². The van der Waals surface area contributed by atoms with Crippen LogP contribution < -0.4 is 0 Å². The first-order valence-electron chi connectivity index (χ1n) is 8.85. The van der Waals surface area contributed by atoms with Crippen molar-refractivity contribution in [3.8, 4) is 0 Å². The number of rotatable bonds is 4. The summed E-state index contributed by atoms with van der Waals surface area (Å²) in [5, 5.41) is 4.27. The largest absolute Gasteiger partial charge is 0.327 e. The van der Waals surface area contributed by atoms with Crippen LogP contribution in [0.15, 0.2) is 43.0 Å². The average Bonchev–Trinajstić information content (AvgIpc) is 3.37. The number of aryl methyl sites for hydroxylation is 2. The number of amides is 1. The van der Waals surface area contributed by atoms with Crippen LogP contribution in [0.25, 0.3) is 0 Å². The fraction of sp³-hybridized carbons (Fsp3) is 0.368. The molecule has 0 bridgehead atoms. The van der Waals surface area contributed by atoms with Crippen molar-refractivity contribution in [3.05, 3.63) is 65.8 Å². The second-order valence-electron chi connectivity index (χ2n) is 6.73. The van der Waals surface area contributed by atoms with E-state index in [2.05, 4.69) is 26.6 Å². The summed E-state index contributed by atoms with van der Waals surface area (Å²) < 4.78 is 3.86. The number of hydrogen-bond acceptors (Lipinski definition) is 4. The number of nitrogens with zero attached hydrogens (tertiary/aromatic N) is 6. The predicted molar refractivity (Wildman–Crippen MR) is 96.5 cm³/mol. The number of carbonyl (C=O) groups is 1. The van der Waals surface area contributed by atoms with E-state index in [4.69, 9.17) is 0 Å². The maximum atomic E-state index is 12.9. The van der Waals surface area contributed by atoms with Crippen molar-refractivity contribution in [1.82, 2.24) is 29.2 Å². The van der Waals surface area contributed by atoms with E-state index >= 15 is 0 Å². The standard InChI is InChI=1S/C19H22N6O/c1-14-12-21-18(25(14)13-15-5-8-20-9-6-15)17-4-3-10-24(17)19(26)16-7-11-23(2)22-16/h5-9,11-12,17H,3-4,10,13H2,1-2H3. The molecule has 1 unspecified atom stereocenters. The molecule has 4 heterocycles. The van der Waals surface area contributed by atoms with Crippen LogP contribution in [0, 0.1) is 6.92 Å². The molecule has 0 radical (unpaired) electrons. The van der Waals surface area contributed by atoms with Crippen LogP contribution in [0.4, 0.5) is 0 Å². The number of likely N-dealkylation sites (tertiary alicyclic amines) is 1. The van der Waals surface area contributed by atoms with Crippen LogP contribution in [-0.4, -0.2) is 41.7 Å². The normalized spacial score (nSPS) is 17.0. The molecule has 1 amide bonds. The molecule has 1 atom stereocenters. The third-order valence-corrected chi connectivity index (χ3v) is 4.92. The van der Waals surface area contributed by atoms with Gasteiger partial charge in [-0.25, -0.2) is 4.98 Å². The van der Waals surface area contributed by atoms with Crippen molar-refractivity contribution in [3.63, 3.8) is 0 Å².